The second-order valence-electron chi connectivity index (χ2n) is 4.91. The maximum absolute atomic E-state index is 11.3. The summed E-state index contributed by atoms with van der Waals surface area (Å²) in [7, 11) is 0. The monoisotopic (exact) mass is 213 g/mol. The van der Waals surface area contributed by atoms with Gasteiger partial charge in [0.15, 0.2) is 0 Å². The Morgan fingerprint density at radius 1 is 1.13 bits per heavy atom. The third-order valence-corrected chi connectivity index (χ3v) is 2.68. The van der Waals surface area contributed by atoms with Crippen molar-refractivity contribution >= 4 is 5.78 Å². The summed E-state index contributed by atoms with van der Waals surface area (Å²) < 4.78 is 0. The zero-order chi connectivity index (χ0) is 11.7. The molecule has 0 bridgehead atoms. The number of carbonyl (C=O) groups excluding carboxylic acids is 1. The van der Waals surface area contributed by atoms with Crippen molar-refractivity contribution in [3.05, 3.63) is 0 Å². The molecule has 0 amide bonds. The van der Waals surface area contributed by atoms with E-state index in [1.165, 1.54) is 12.8 Å². The van der Waals surface area contributed by atoms with Gasteiger partial charge in [-0.25, -0.2) is 0 Å². The first-order valence-electron chi connectivity index (χ1n) is 6.33. The van der Waals surface area contributed by atoms with Gasteiger partial charge in [-0.3, -0.25) is 4.79 Å². The maximum Gasteiger partial charge on any atom is 0.132 e. The van der Waals surface area contributed by atoms with Gasteiger partial charge < -0.3 is 5.73 Å². The van der Waals surface area contributed by atoms with Crippen molar-refractivity contribution in [1.29, 1.82) is 0 Å². The van der Waals surface area contributed by atoms with Crippen LogP contribution in [0.1, 0.15) is 65.7 Å². The fourth-order valence-corrected chi connectivity index (χ4v) is 1.68. The molecule has 0 saturated carbocycles. The zero-order valence-electron chi connectivity index (χ0n) is 10.6. The van der Waals surface area contributed by atoms with Gasteiger partial charge in [0, 0.05) is 18.9 Å². The fraction of sp³-hybridized carbons (Fsp3) is 0.923. The van der Waals surface area contributed by atoms with Gasteiger partial charge in [-0.1, -0.05) is 33.6 Å². The van der Waals surface area contributed by atoms with Crippen molar-refractivity contribution in [3.63, 3.8) is 0 Å². The van der Waals surface area contributed by atoms with Crippen LogP contribution in [0.2, 0.25) is 0 Å². The van der Waals surface area contributed by atoms with Crippen LogP contribution in [-0.2, 0) is 4.79 Å². The highest BCUT2D eigenvalue weighted by Crippen LogP contribution is 2.10. The Labute approximate surface area is 94.6 Å². The molecule has 0 aliphatic carbocycles. The van der Waals surface area contributed by atoms with Crippen LogP contribution in [0, 0.1) is 5.92 Å². The van der Waals surface area contributed by atoms with Crippen LogP contribution < -0.4 is 5.73 Å². The van der Waals surface area contributed by atoms with E-state index in [4.69, 9.17) is 5.73 Å². The van der Waals surface area contributed by atoms with Crippen LogP contribution in [0.3, 0.4) is 0 Å². The van der Waals surface area contributed by atoms with Gasteiger partial charge in [0.25, 0.3) is 0 Å². The third-order valence-electron chi connectivity index (χ3n) is 2.68. The number of ketones is 1. The Balaban J connectivity index is 3.40. The molecular formula is C13H27NO. The molecule has 0 heterocycles. The highest BCUT2D eigenvalue weighted by atomic mass is 16.1. The quantitative estimate of drug-likeness (QED) is 0.638. The van der Waals surface area contributed by atoms with Gasteiger partial charge in [-0.2, -0.15) is 0 Å². The van der Waals surface area contributed by atoms with Crippen LogP contribution in [0.15, 0.2) is 0 Å². The first kappa shape index (κ1) is 14.6. The van der Waals surface area contributed by atoms with E-state index in [2.05, 4.69) is 13.8 Å². The first-order valence-corrected chi connectivity index (χ1v) is 6.33. The number of hydrogen-bond acceptors (Lipinski definition) is 2. The Hall–Kier alpha value is -0.370. The molecule has 0 aromatic rings. The number of carbonyl (C=O) groups is 1. The van der Waals surface area contributed by atoms with Crippen molar-refractivity contribution in [2.24, 2.45) is 11.7 Å². The third kappa shape index (κ3) is 9.92. The Morgan fingerprint density at radius 3 is 2.33 bits per heavy atom. The molecule has 1 unspecified atom stereocenters. The molecule has 0 spiro atoms. The van der Waals surface area contributed by atoms with Gasteiger partial charge in [-0.05, 0) is 25.2 Å². The molecule has 0 aliphatic heterocycles. The predicted molar refractivity (Wildman–Crippen MR) is 65.8 cm³/mol. The molecule has 0 saturated heterocycles. The summed E-state index contributed by atoms with van der Waals surface area (Å²) in [6.45, 7) is 6.51. The minimum absolute atomic E-state index is 0.226. The summed E-state index contributed by atoms with van der Waals surface area (Å²) in [5.74, 6) is 1.13. The predicted octanol–water partition coefficient (Wildman–Crippen LogP) is 3.29. The van der Waals surface area contributed by atoms with E-state index in [0.717, 1.165) is 31.6 Å². The average molecular weight is 213 g/mol. The second kappa shape index (κ2) is 8.90. The summed E-state index contributed by atoms with van der Waals surface area (Å²) in [5, 5.41) is 0. The van der Waals surface area contributed by atoms with E-state index >= 15 is 0 Å². The van der Waals surface area contributed by atoms with Crippen molar-refractivity contribution in [2.75, 3.05) is 0 Å². The van der Waals surface area contributed by atoms with Gasteiger partial charge in [0.2, 0.25) is 0 Å². The number of hydrogen-bond donors (Lipinski definition) is 1. The average Bonchev–Trinajstić information content (AvgIpc) is 2.14. The molecule has 1 atom stereocenters. The Kier molecular flexibility index (Phi) is 8.68. The smallest absolute Gasteiger partial charge is 0.132 e. The van der Waals surface area contributed by atoms with Crippen LogP contribution in [0.25, 0.3) is 0 Å². The van der Waals surface area contributed by atoms with Crippen molar-refractivity contribution in [3.8, 4) is 0 Å². The van der Waals surface area contributed by atoms with E-state index in [0.29, 0.717) is 12.2 Å². The summed E-state index contributed by atoms with van der Waals surface area (Å²) in [6.07, 6.45) is 6.74. The minimum atomic E-state index is 0.226. The minimum Gasteiger partial charge on any atom is -0.328 e. The normalized spacial score (nSPS) is 13.1. The molecule has 0 fully saturated rings. The molecule has 0 aromatic carbocycles. The molecule has 90 valence electrons. The van der Waals surface area contributed by atoms with Crippen LogP contribution in [0.4, 0.5) is 0 Å². The molecule has 0 aliphatic rings. The number of rotatable bonds is 9. The largest absolute Gasteiger partial charge is 0.328 e. The van der Waals surface area contributed by atoms with Crippen LogP contribution in [0.5, 0.6) is 0 Å². The van der Waals surface area contributed by atoms with E-state index in [-0.39, 0.29) is 6.04 Å². The summed E-state index contributed by atoms with van der Waals surface area (Å²) in [6, 6.07) is 0.226. The SMILES string of the molecule is CCCC(=O)CCC(N)CCCC(C)C. The molecular weight excluding hydrogens is 186 g/mol. The molecule has 0 rings (SSSR count). The summed E-state index contributed by atoms with van der Waals surface area (Å²) in [4.78, 5) is 11.3. The lowest BCUT2D eigenvalue weighted by Gasteiger charge is -2.11. The van der Waals surface area contributed by atoms with Gasteiger partial charge in [-0.15, -0.1) is 0 Å². The van der Waals surface area contributed by atoms with Crippen molar-refractivity contribution in [2.45, 2.75) is 71.8 Å². The molecule has 2 N–H and O–H groups in total. The van der Waals surface area contributed by atoms with Crippen molar-refractivity contribution < 1.29 is 4.79 Å². The highest BCUT2D eigenvalue weighted by molar-refractivity contribution is 5.78. The fourth-order valence-electron chi connectivity index (χ4n) is 1.68. The number of Topliss-reactive ketones (excluding diaryl/α,β-unsaturated/α-hetero) is 1. The lowest BCUT2D eigenvalue weighted by molar-refractivity contribution is -0.119. The van der Waals surface area contributed by atoms with E-state index in [9.17, 15) is 4.79 Å². The van der Waals surface area contributed by atoms with E-state index < -0.39 is 0 Å². The van der Waals surface area contributed by atoms with Crippen LogP contribution in [-0.4, -0.2) is 11.8 Å². The molecule has 0 radical (unpaired) electrons. The first-order chi connectivity index (χ1) is 7.06. The number of nitrogens with two attached hydrogens (primary N) is 1. The topological polar surface area (TPSA) is 43.1 Å². The Bertz CT molecular complexity index is 166. The lowest BCUT2D eigenvalue weighted by Crippen LogP contribution is -2.21. The molecule has 2 heteroatoms. The maximum atomic E-state index is 11.3. The summed E-state index contributed by atoms with van der Waals surface area (Å²) in [5.41, 5.74) is 5.95. The Morgan fingerprint density at radius 2 is 1.80 bits per heavy atom. The van der Waals surface area contributed by atoms with Gasteiger partial charge in [0.1, 0.15) is 5.78 Å². The second-order valence-corrected chi connectivity index (χ2v) is 4.91. The van der Waals surface area contributed by atoms with Crippen molar-refractivity contribution in [1.82, 2.24) is 0 Å². The molecule has 2 nitrogen and oxygen atoms in total. The highest BCUT2D eigenvalue weighted by Gasteiger charge is 2.06. The lowest BCUT2D eigenvalue weighted by atomic mass is 9.99. The molecule has 0 aromatic heterocycles. The van der Waals surface area contributed by atoms with Gasteiger partial charge >= 0.3 is 0 Å². The van der Waals surface area contributed by atoms with E-state index in [1.54, 1.807) is 0 Å². The summed E-state index contributed by atoms with van der Waals surface area (Å²) >= 11 is 0. The van der Waals surface area contributed by atoms with Gasteiger partial charge in [0.05, 0.1) is 0 Å². The standard InChI is InChI=1S/C13H27NO/c1-4-6-13(15)10-9-12(14)8-5-7-11(2)3/h11-12H,4-10,14H2,1-3H3. The van der Waals surface area contributed by atoms with E-state index in [1.807, 2.05) is 6.92 Å². The van der Waals surface area contributed by atoms with Crippen LogP contribution >= 0.6 is 0 Å². The molecule has 15 heavy (non-hydrogen) atoms. The zero-order valence-corrected chi connectivity index (χ0v) is 10.6.